The molecule has 0 atom stereocenters. The highest BCUT2D eigenvalue weighted by atomic mass is 16.5. The second-order valence-corrected chi connectivity index (χ2v) is 5.90. The van der Waals surface area contributed by atoms with Gasteiger partial charge in [-0.3, -0.25) is 4.79 Å². The molecule has 1 aromatic rings. The van der Waals surface area contributed by atoms with Crippen molar-refractivity contribution in [3.05, 3.63) is 29.3 Å². The summed E-state index contributed by atoms with van der Waals surface area (Å²) >= 11 is 0. The zero-order valence-corrected chi connectivity index (χ0v) is 12.0. The number of hydrogen-bond acceptors (Lipinski definition) is 3. The maximum absolute atomic E-state index is 12.5. The number of fused-ring (bicyclic) bond motifs is 1. The van der Waals surface area contributed by atoms with Crippen LogP contribution in [-0.2, 0) is 6.42 Å². The van der Waals surface area contributed by atoms with E-state index in [2.05, 4.69) is 11.4 Å². The summed E-state index contributed by atoms with van der Waals surface area (Å²) in [6.45, 7) is 2.94. The fourth-order valence-corrected chi connectivity index (χ4v) is 3.25. The number of rotatable bonds is 4. The normalized spacial score (nSPS) is 19.2. The Bertz CT molecular complexity index is 478. The van der Waals surface area contributed by atoms with Gasteiger partial charge in [-0.05, 0) is 62.7 Å². The molecule has 1 saturated heterocycles. The molecule has 1 N–H and O–H groups in total. The van der Waals surface area contributed by atoms with E-state index in [-0.39, 0.29) is 5.78 Å². The molecule has 3 heteroatoms. The van der Waals surface area contributed by atoms with Gasteiger partial charge in [0.1, 0.15) is 5.75 Å². The largest absolute Gasteiger partial charge is 0.493 e. The number of ether oxygens (including phenoxy) is 1. The van der Waals surface area contributed by atoms with E-state index in [4.69, 9.17) is 4.74 Å². The van der Waals surface area contributed by atoms with Gasteiger partial charge in [0.2, 0.25) is 0 Å². The topological polar surface area (TPSA) is 38.3 Å². The highest BCUT2D eigenvalue weighted by Crippen LogP contribution is 2.30. The Morgan fingerprint density at radius 2 is 2.15 bits per heavy atom. The fourth-order valence-electron chi connectivity index (χ4n) is 3.25. The first-order valence-electron chi connectivity index (χ1n) is 7.83. The van der Waals surface area contributed by atoms with Crippen LogP contribution in [0.4, 0.5) is 0 Å². The highest BCUT2D eigenvalue weighted by molar-refractivity contribution is 5.99. The van der Waals surface area contributed by atoms with Gasteiger partial charge in [-0.2, -0.15) is 0 Å². The van der Waals surface area contributed by atoms with Crippen LogP contribution in [0.25, 0.3) is 0 Å². The molecule has 0 bridgehead atoms. The van der Waals surface area contributed by atoms with E-state index in [1.54, 1.807) is 0 Å². The lowest BCUT2D eigenvalue weighted by Crippen LogP contribution is -2.28. The molecule has 1 aromatic carbocycles. The number of carbonyl (C=O) groups excluding carboxylic acids is 1. The minimum atomic E-state index is 0.252. The van der Waals surface area contributed by atoms with Gasteiger partial charge in [-0.25, -0.2) is 0 Å². The van der Waals surface area contributed by atoms with Crippen LogP contribution in [0.1, 0.15) is 48.0 Å². The van der Waals surface area contributed by atoms with Crippen molar-refractivity contribution in [2.24, 2.45) is 5.92 Å². The van der Waals surface area contributed by atoms with Crippen molar-refractivity contribution in [2.45, 2.75) is 38.5 Å². The van der Waals surface area contributed by atoms with E-state index in [1.807, 2.05) is 12.1 Å². The zero-order chi connectivity index (χ0) is 13.8. The SMILES string of the molecule is O=C(CCC1CCNCC1)c1cccc2c1OCCC2. The number of nitrogens with one attached hydrogen (secondary N) is 1. The van der Waals surface area contributed by atoms with Gasteiger partial charge in [0, 0.05) is 6.42 Å². The molecule has 2 aliphatic heterocycles. The van der Waals surface area contributed by atoms with Crippen LogP contribution in [0.2, 0.25) is 0 Å². The molecule has 108 valence electrons. The number of ketones is 1. The lowest BCUT2D eigenvalue weighted by Gasteiger charge is -2.23. The maximum Gasteiger partial charge on any atom is 0.166 e. The number of carbonyl (C=O) groups is 1. The van der Waals surface area contributed by atoms with Crippen LogP contribution in [-0.4, -0.2) is 25.5 Å². The Balaban J connectivity index is 1.64. The van der Waals surface area contributed by atoms with Gasteiger partial charge in [-0.1, -0.05) is 12.1 Å². The van der Waals surface area contributed by atoms with E-state index in [0.29, 0.717) is 12.3 Å². The van der Waals surface area contributed by atoms with Gasteiger partial charge >= 0.3 is 0 Å². The van der Waals surface area contributed by atoms with E-state index in [0.717, 1.165) is 50.3 Å². The first-order chi connectivity index (χ1) is 9.84. The number of para-hydroxylation sites is 1. The smallest absolute Gasteiger partial charge is 0.166 e. The standard InChI is InChI=1S/C17H23NO2/c19-16(7-6-13-8-10-18-11-9-13)15-5-1-3-14-4-2-12-20-17(14)15/h1,3,5,13,18H,2,4,6-12H2. The second-order valence-electron chi connectivity index (χ2n) is 5.90. The Labute approximate surface area is 120 Å². The van der Waals surface area contributed by atoms with E-state index in [9.17, 15) is 4.79 Å². The first-order valence-corrected chi connectivity index (χ1v) is 7.83. The average molecular weight is 273 g/mol. The predicted octanol–water partition coefficient (Wildman–Crippen LogP) is 2.97. The molecule has 0 unspecified atom stereocenters. The Hall–Kier alpha value is -1.35. The van der Waals surface area contributed by atoms with Crippen molar-refractivity contribution < 1.29 is 9.53 Å². The molecule has 2 aliphatic rings. The van der Waals surface area contributed by atoms with Crippen molar-refractivity contribution in [3.63, 3.8) is 0 Å². The molecule has 0 saturated carbocycles. The maximum atomic E-state index is 12.5. The van der Waals surface area contributed by atoms with Crippen LogP contribution in [0.3, 0.4) is 0 Å². The van der Waals surface area contributed by atoms with E-state index >= 15 is 0 Å². The van der Waals surface area contributed by atoms with Crippen LogP contribution >= 0.6 is 0 Å². The molecule has 0 amide bonds. The van der Waals surface area contributed by atoms with Crippen molar-refractivity contribution in [1.82, 2.24) is 5.32 Å². The van der Waals surface area contributed by atoms with Crippen molar-refractivity contribution in [1.29, 1.82) is 0 Å². The molecule has 20 heavy (non-hydrogen) atoms. The summed E-state index contributed by atoms with van der Waals surface area (Å²) in [5, 5.41) is 3.37. The average Bonchev–Trinajstić information content (AvgIpc) is 2.53. The van der Waals surface area contributed by atoms with Gasteiger partial charge in [0.25, 0.3) is 0 Å². The number of Topliss-reactive ketones (excluding diaryl/α,β-unsaturated/α-hetero) is 1. The third-order valence-electron chi connectivity index (χ3n) is 4.47. The number of benzene rings is 1. The van der Waals surface area contributed by atoms with Gasteiger partial charge < -0.3 is 10.1 Å². The molecule has 2 heterocycles. The lowest BCUT2D eigenvalue weighted by atomic mass is 9.90. The fraction of sp³-hybridized carbons (Fsp3) is 0.588. The van der Waals surface area contributed by atoms with Gasteiger partial charge in [0.15, 0.2) is 5.78 Å². The molecular formula is C17H23NO2. The van der Waals surface area contributed by atoms with Crippen molar-refractivity contribution in [3.8, 4) is 5.75 Å². The lowest BCUT2D eigenvalue weighted by molar-refractivity contribution is 0.0965. The highest BCUT2D eigenvalue weighted by Gasteiger charge is 2.20. The third-order valence-corrected chi connectivity index (χ3v) is 4.47. The minimum Gasteiger partial charge on any atom is -0.493 e. The molecule has 0 radical (unpaired) electrons. The quantitative estimate of drug-likeness (QED) is 0.857. The predicted molar refractivity (Wildman–Crippen MR) is 79.4 cm³/mol. The van der Waals surface area contributed by atoms with E-state index in [1.165, 1.54) is 18.4 Å². The molecular weight excluding hydrogens is 250 g/mol. The van der Waals surface area contributed by atoms with Gasteiger partial charge in [0.05, 0.1) is 12.2 Å². The van der Waals surface area contributed by atoms with Crippen molar-refractivity contribution >= 4 is 5.78 Å². The second kappa shape index (κ2) is 6.40. The molecule has 0 spiro atoms. The zero-order valence-electron chi connectivity index (χ0n) is 12.0. The third kappa shape index (κ3) is 3.04. The monoisotopic (exact) mass is 273 g/mol. The Morgan fingerprint density at radius 1 is 1.30 bits per heavy atom. The molecule has 1 fully saturated rings. The molecule has 0 aliphatic carbocycles. The van der Waals surface area contributed by atoms with Crippen LogP contribution in [0.15, 0.2) is 18.2 Å². The summed E-state index contributed by atoms with van der Waals surface area (Å²) in [7, 11) is 0. The summed E-state index contributed by atoms with van der Waals surface area (Å²) in [4.78, 5) is 12.5. The van der Waals surface area contributed by atoms with Crippen molar-refractivity contribution in [2.75, 3.05) is 19.7 Å². The van der Waals surface area contributed by atoms with E-state index < -0.39 is 0 Å². The number of piperidine rings is 1. The first kappa shape index (κ1) is 13.6. The summed E-state index contributed by atoms with van der Waals surface area (Å²) in [5.41, 5.74) is 2.00. The number of hydrogen-bond donors (Lipinski definition) is 1. The molecule has 3 nitrogen and oxygen atoms in total. The van der Waals surface area contributed by atoms with Crippen LogP contribution < -0.4 is 10.1 Å². The summed E-state index contributed by atoms with van der Waals surface area (Å²) in [6.07, 6.45) is 6.17. The summed E-state index contributed by atoms with van der Waals surface area (Å²) < 4.78 is 5.74. The number of aryl methyl sites for hydroxylation is 1. The van der Waals surface area contributed by atoms with Crippen LogP contribution in [0, 0.1) is 5.92 Å². The minimum absolute atomic E-state index is 0.252. The Morgan fingerprint density at radius 3 is 3.00 bits per heavy atom. The molecule has 0 aromatic heterocycles. The van der Waals surface area contributed by atoms with Gasteiger partial charge in [-0.15, -0.1) is 0 Å². The van der Waals surface area contributed by atoms with Crippen LogP contribution in [0.5, 0.6) is 5.75 Å². The summed E-state index contributed by atoms with van der Waals surface area (Å²) in [5.74, 6) is 1.82. The Kier molecular flexibility index (Phi) is 4.36. The summed E-state index contributed by atoms with van der Waals surface area (Å²) in [6, 6.07) is 6.00. The molecule has 3 rings (SSSR count).